The van der Waals surface area contributed by atoms with Gasteiger partial charge in [0.15, 0.2) is 11.5 Å². The van der Waals surface area contributed by atoms with Gasteiger partial charge in [-0.1, -0.05) is 6.07 Å². The second kappa shape index (κ2) is 7.38. The zero-order valence-corrected chi connectivity index (χ0v) is 17.0. The minimum Gasteiger partial charge on any atom is -0.361 e. The highest BCUT2D eigenvalue weighted by Gasteiger charge is 2.30. The van der Waals surface area contributed by atoms with Crippen LogP contribution < -0.4 is 15.9 Å². The maximum absolute atomic E-state index is 12.8. The van der Waals surface area contributed by atoms with Crippen LogP contribution >= 0.6 is 11.3 Å². The number of halogens is 3. The van der Waals surface area contributed by atoms with Crippen molar-refractivity contribution in [2.24, 2.45) is 0 Å². The Morgan fingerprint density at radius 1 is 1.30 bits per heavy atom. The number of carbonyl (C=O) groups excluding carboxylic acids is 1. The van der Waals surface area contributed by atoms with Gasteiger partial charge in [-0.2, -0.15) is 18.2 Å². The summed E-state index contributed by atoms with van der Waals surface area (Å²) in [7, 11) is 3.57. The number of nitrogens with zero attached hydrogens (tertiary/aromatic N) is 4. The molecule has 4 rings (SSSR count). The van der Waals surface area contributed by atoms with Crippen LogP contribution in [0.15, 0.2) is 29.1 Å². The van der Waals surface area contributed by atoms with Crippen molar-refractivity contribution in [1.29, 1.82) is 0 Å². The van der Waals surface area contributed by atoms with Crippen molar-refractivity contribution < 1.29 is 18.0 Å². The standard InChI is InChI=1S/C19H18F3N5O2S/c1-26(2)14-13-15(24-17(30-13)10-6-7-10)27(18(29)25-14)12-5-3-4-11(8-12)16(28)23-9-19(20,21)22/h3-5,8,10H,6-7,9H2,1-2H3,(H,23,28). The number of benzene rings is 1. The van der Waals surface area contributed by atoms with Crippen molar-refractivity contribution in [2.45, 2.75) is 24.9 Å². The molecule has 0 unspecified atom stereocenters. The number of amides is 1. The first kappa shape index (κ1) is 20.3. The van der Waals surface area contributed by atoms with E-state index in [-0.39, 0.29) is 5.56 Å². The first-order chi connectivity index (χ1) is 14.1. The molecule has 11 heteroatoms. The summed E-state index contributed by atoms with van der Waals surface area (Å²) in [4.78, 5) is 35.5. The highest BCUT2D eigenvalue weighted by Crippen LogP contribution is 2.44. The zero-order valence-electron chi connectivity index (χ0n) is 16.2. The molecular formula is C19H18F3N5O2S. The number of fused-ring (bicyclic) bond motifs is 1. The van der Waals surface area contributed by atoms with Crippen LogP contribution in [0.2, 0.25) is 0 Å². The van der Waals surface area contributed by atoms with Gasteiger partial charge >= 0.3 is 11.9 Å². The van der Waals surface area contributed by atoms with E-state index in [1.54, 1.807) is 25.1 Å². The molecule has 1 aliphatic carbocycles. The van der Waals surface area contributed by atoms with Crippen LogP contribution in [0.5, 0.6) is 0 Å². The van der Waals surface area contributed by atoms with Crippen molar-refractivity contribution in [3.8, 4) is 5.69 Å². The normalized spacial score (nSPS) is 14.2. The summed E-state index contributed by atoms with van der Waals surface area (Å²) >= 11 is 1.48. The van der Waals surface area contributed by atoms with Gasteiger partial charge in [-0.25, -0.2) is 14.3 Å². The van der Waals surface area contributed by atoms with Crippen LogP contribution in [0.25, 0.3) is 16.0 Å². The van der Waals surface area contributed by atoms with Crippen LogP contribution in [0, 0.1) is 0 Å². The molecule has 0 radical (unpaired) electrons. The summed E-state index contributed by atoms with van der Waals surface area (Å²) in [5, 5.41) is 2.76. The average Bonchev–Trinajstić information content (AvgIpc) is 3.44. The molecule has 1 aliphatic rings. The van der Waals surface area contributed by atoms with Gasteiger partial charge in [0.2, 0.25) is 0 Å². The Bertz CT molecular complexity index is 1180. The molecular weight excluding hydrogens is 419 g/mol. The van der Waals surface area contributed by atoms with E-state index in [9.17, 15) is 22.8 Å². The van der Waals surface area contributed by atoms with Gasteiger partial charge in [-0.15, -0.1) is 11.3 Å². The topological polar surface area (TPSA) is 80.1 Å². The van der Waals surface area contributed by atoms with Crippen molar-refractivity contribution in [3.63, 3.8) is 0 Å². The quantitative estimate of drug-likeness (QED) is 0.664. The van der Waals surface area contributed by atoms with E-state index in [0.717, 1.165) is 22.5 Å². The number of nitrogens with one attached hydrogen (secondary N) is 1. The maximum Gasteiger partial charge on any atom is 0.405 e. The zero-order chi connectivity index (χ0) is 21.6. The number of carbonyl (C=O) groups is 1. The summed E-state index contributed by atoms with van der Waals surface area (Å²) < 4.78 is 39.2. The predicted molar refractivity (Wildman–Crippen MR) is 108 cm³/mol. The molecule has 0 atom stereocenters. The lowest BCUT2D eigenvalue weighted by Crippen LogP contribution is -2.33. The van der Waals surface area contributed by atoms with Gasteiger partial charge in [-0.3, -0.25) is 4.79 Å². The van der Waals surface area contributed by atoms with E-state index < -0.39 is 24.3 Å². The molecule has 0 bridgehead atoms. The van der Waals surface area contributed by atoms with Gasteiger partial charge < -0.3 is 10.2 Å². The second-order valence-corrected chi connectivity index (χ2v) is 8.31. The smallest absolute Gasteiger partial charge is 0.361 e. The van der Waals surface area contributed by atoms with Crippen LogP contribution in [0.1, 0.15) is 34.1 Å². The predicted octanol–water partition coefficient (Wildman–Crippen LogP) is 3.08. The summed E-state index contributed by atoms with van der Waals surface area (Å²) in [6.07, 6.45) is -2.42. The molecule has 1 saturated carbocycles. The molecule has 3 aromatic rings. The molecule has 7 nitrogen and oxygen atoms in total. The number of thiazole rings is 1. The highest BCUT2D eigenvalue weighted by atomic mass is 32.1. The minimum atomic E-state index is -4.51. The molecule has 1 N–H and O–H groups in total. The van der Waals surface area contributed by atoms with Gasteiger partial charge in [0.05, 0.1) is 10.7 Å². The summed E-state index contributed by atoms with van der Waals surface area (Å²) in [5.74, 6) is 0.00320. The van der Waals surface area contributed by atoms with Crippen LogP contribution in [0.4, 0.5) is 19.0 Å². The van der Waals surface area contributed by atoms with E-state index in [2.05, 4.69) is 9.97 Å². The third-order valence-electron chi connectivity index (χ3n) is 4.60. The lowest BCUT2D eigenvalue weighted by Gasteiger charge is -2.14. The van der Waals surface area contributed by atoms with E-state index in [0.29, 0.717) is 23.1 Å². The monoisotopic (exact) mass is 437 g/mol. The van der Waals surface area contributed by atoms with Crippen LogP contribution in [-0.2, 0) is 0 Å². The van der Waals surface area contributed by atoms with Crippen molar-refractivity contribution >= 4 is 33.4 Å². The third-order valence-corrected chi connectivity index (χ3v) is 5.80. The molecule has 2 aromatic heterocycles. The maximum atomic E-state index is 12.8. The SMILES string of the molecule is CN(C)c1nc(=O)n(-c2cccc(C(=O)NCC(F)(F)F)c2)c2nc(C3CC3)sc12. The fourth-order valence-corrected chi connectivity index (χ4v) is 4.31. The molecule has 1 fully saturated rings. The Morgan fingerprint density at radius 2 is 2.03 bits per heavy atom. The third kappa shape index (κ3) is 4.02. The molecule has 1 amide bonds. The first-order valence-electron chi connectivity index (χ1n) is 9.20. The molecule has 1 aromatic carbocycles. The van der Waals surface area contributed by atoms with E-state index in [1.165, 1.54) is 34.1 Å². The lowest BCUT2D eigenvalue weighted by molar-refractivity contribution is -0.123. The number of rotatable bonds is 5. The van der Waals surface area contributed by atoms with E-state index in [1.807, 2.05) is 5.32 Å². The highest BCUT2D eigenvalue weighted by molar-refractivity contribution is 7.19. The minimum absolute atomic E-state index is 0.00568. The Morgan fingerprint density at radius 3 is 2.67 bits per heavy atom. The molecule has 0 spiro atoms. The largest absolute Gasteiger partial charge is 0.405 e. The first-order valence-corrected chi connectivity index (χ1v) is 10.0. The number of alkyl halides is 3. The average molecular weight is 437 g/mol. The molecule has 0 aliphatic heterocycles. The Hall–Kier alpha value is -2.95. The molecule has 0 saturated heterocycles. The summed E-state index contributed by atoms with van der Waals surface area (Å²) in [6, 6.07) is 5.84. The number of anilines is 1. The van der Waals surface area contributed by atoms with E-state index >= 15 is 0 Å². The second-order valence-electron chi connectivity index (χ2n) is 7.28. The number of aromatic nitrogens is 3. The van der Waals surface area contributed by atoms with Crippen molar-refractivity contribution in [1.82, 2.24) is 19.9 Å². The Labute approximate surface area is 173 Å². The summed E-state index contributed by atoms with van der Waals surface area (Å²) in [6.45, 7) is -1.43. The number of hydrogen-bond acceptors (Lipinski definition) is 6. The van der Waals surface area contributed by atoms with Crippen LogP contribution in [0.3, 0.4) is 0 Å². The Balaban J connectivity index is 1.80. The van der Waals surface area contributed by atoms with Gasteiger partial charge in [-0.05, 0) is 31.0 Å². The fourth-order valence-electron chi connectivity index (χ4n) is 3.02. The molecule has 158 valence electrons. The van der Waals surface area contributed by atoms with Crippen molar-refractivity contribution in [2.75, 3.05) is 25.5 Å². The lowest BCUT2D eigenvalue weighted by atomic mass is 10.2. The van der Waals surface area contributed by atoms with Gasteiger partial charge in [0, 0.05) is 25.6 Å². The van der Waals surface area contributed by atoms with Crippen LogP contribution in [-0.4, -0.2) is 47.3 Å². The number of hydrogen-bond donors (Lipinski definition) is 1. The van der Waals surface area contributed by atoms with Crippen molar-refractivity contribution in [3.05, 3.63) is 45.3 Å². The Kier molecular flexibility index (Phi) is 5.00. The molecule has 30 heavy (non-hydrogen) atoms. The van der Waals surface area contributed by atoms with Gasteiger partial charge in [0.25, 0.3) is 5.91 Å². The molecule has 2 heterocycles. The van der Waals surface area contributed by atoms with E-state index in [4.69, 9.17) is 0 Å². The summed E-state index contributed by atoms with van der Waals surface area (Å²) in [5.41, 5.74) is 0.173. The fraction of sp³-hybridized carbons (Fsp3) is 0.368. The van der Waals surface area contributed by atoms with Gasteiger partial charge in [0.1, 0.15) is 11.2 Å².